The van der Waals surface area contributed by atoms with E-state index in [9.17, 15) is 4.39 Å². The van der Waals surface area contributed by atoms with Gasteiger partial charge in [-0.2, -0.15) is 5.10 Å². The van der Waals surface area contributed by atoms with Gasteiger partial charge >= 0.3 is 0 Å². The van der Waals surface area contributed by atoms with E-state index in [-0.39, 0.29) is 12.4 Å². The molecule has 0 aliphatic heterocycles. The minimum atomic E-state index is -0.360. The Balaban J connectivity index is 1.71. The first kappa shape index (κ1) is 20.1. The lowest BCUT2D eigenvalue weighted by Crippen LogP contribution is -2.20. The number of para-hydroxylation sites is 2. The van der Waals surface area contributed by atoms with E-state index < -0.39 is 0 Å². The Bertz CT molecular complexity index is 972. The molecule has 0 saturated heterocycles. The zero-order chi connectivity index (χ0) is 20.1. The second-order valence-electron chi connectivity index (χ2n) is 6.04. The van der Waals surface area contributed by atoms with Gasteiger partial charge < -0.3 is 15.4 Å². The highest BCUT2D eigenvalue weighted by Crippen LogP contribution is 2.24. The lowest BCUT2D eigenvalue weighted by Gasteiger charge is -2.13. The molecule has 5 nitrogen and oxygen atoms in total. The Morgan fingerprint density at radius 2 is 2.00 bits per heavy atom. The van der Waals surface area contributed by atoms with E-state index in [1.807, 2.05) is 44.2 Å². The van der Waals surface area contributed by atoms with Crippen LogP contribution in [0.1, 0.15) is 18.2 Å². The summed E-state index contributed by atoms with van der Waals surface area (Å²) in [5.74, 6) is 0.906. The average molecular weight is 419 g/mol. The molecule has 146 valence electrons. The maximum absolute atomic E-state index is 14.0. The summed E-state index contributed by atoms with van der Waals surface area (Å²) in [5, 5.41) is 11.3. The van der Waals surface area contributed by atoms with E-state index in [4.69, 9.17) is 28.6 Å². The van der Waals surface area contributed by atoms with Crippen LogP contribution in [0.15, 0.2) is 48.5 Å². The number of ether oxygens (including phenoxy) is 1. The fourth-order valence-electron chi connectivity index (χ4n) is 2.69. The summed E-state index contributed by atoms with van der Waals surface area (Å²) in [4.78, 5) is 0. The number of aryl methyl sites for hydroxylation is 1. The summed E-state index contributed by atoms with van der Waals surface area (Å²) in [6, 6.07) is 14.0. The first-order chi connectivity index (χ1) is 13.5. The van der Waals surface area contributed by atoms with Gasteiger partial charge in [-0.3, -0.25) is 4.68 Å². The number of halogens is 2. The minimum absolute atomic E-state index is 0.229. The standard InChI is InChI=1S/C20H20ClFN4OS/c1-3-27-18-10-5-4-9-17(18)23-20(28)24-19-11-13(2)26(25-19)12-14-15(21)7-6-8-16(14)22/h4-11H,3,12H2,1-2H3,(H2,23,24,25,28). The van der Waals surface area contributed by atoms with Crippen molar-refractivity contribution < 1.29 is 9.13 Å². The molecule has 0 amide bonds. The van der Waals surface area contributed by atoms with Gasteiger partial charge in [-0.05, 0) is 50.3 Å². The zero-order valence-electron chi connectivity index (χ0n) is 15.5. The summed E-state index contributed by atoms with van der Waals surface area (Å²) >= 11 is 11.5. The molecule has 0 aliphatic rings. The van der Waals surface area contributed by atoms with Crippen LogP contribution in [0.2, 0.25) is 5.02 Å². The molecular weight excluding hydrogens is 399 g/mol. The predicted octanol–water partition coefficient (Wildman–Crippen LogP) is 5.24. The summed E-state index contributed by atoms with van der Waals surface area (Å²) in [7, 11) is 0. The molecular formula is C20H20ClFN4OS. The van der Waals surface area contributed by atoms with Crippen molar-refractivity contribution in [3.8, 4) is 5.75 Å². The van der Waals surface area contributed by atoms with Crippen LogP contribution in [0.5, 0.6) is 5.75 Å². The smallest absolute Gasteiger partial charge is 0.176 e. The van der Waals surface area contributed by atoms with Crippen molar-refractivity contribution in [1.82, 2.24) is 9.78 Å². The van der Waals surface area contributed by atoms with Crippen LogP contribution >= 0.6 is 23.8 Å². The molecule has 2 aromatic carbocycles. The third-order valence-corrected chi connectivity index (χ3v) is 4.59. The van der Waals surface area contributed by atoms with Crippen molar-refractivity contribution >= 4 is 40.4 Å². The van der Waals surface area contributed by atoms with Crippen molar-refractivity contribution in [2.24, 2.45) is 0 Å². The third kappa shape index (κ3) is 4.79. The SMILES string of the molecule is CCOc1ccccc1NC(=S)Nc1cc(C)n(Cc2c(F)cccc2Cl)n1. The summed E-state index contributed by atoms with van der Waals surface area (Å²) in [5.41, 5.74) is 2.00. The molecule has 1 heterocycles. The van der Waals surface area contributed by atoms with Crippen molar-refractivity contribution in [3.63, 3.8) is 0 Å². The normalized spacial score (nSPS) is 10.6. The quantitative estimate of drug-likeness (QED) is 0.536. The number of aromatic nitrogens is 2. The highest BCUT2D eigenvalue weighted by atomic mass is 35.5. The van der Waals surface area contributed by atoms with Gasteiger partial charge in [-0.1, -0.05) is 29.8 Å². The highest BCUT2D eigenvalue weighted by molar-refractivity contribution is 7.80. The van der Waals surface area contributed by atoms with Gasteiger partial charge in [0.2, 0.25) is 0 Å². The number of thiocarbonyl (C=S) groups is 1. The Kier molecular flexibility index (Phi) is 6.49. The number of anilines is 2. The lowest BCUT2D eigenvalue weighted by atomic mass is 10.2. The topological polar surface area (TPSA) is 51.1 Å². The van der Waals surface area contributed by atoms with Gasteiger partial charge in [0.25, 0.3) is 0 Å². The van der Waals surface area contributed by atoms with E-state index in [0.29, 0.717) is 33.9 Å². The predicted molar refractivity (Wildman–Crippen MR) is 115 cm³/mol. The Hall–Kier alpha value is -2.64. The van der Waals surface area contributed by atoms with E-state index in [0.717, 1.165) is 11.4 Å². The van der Waals surface area contributed by atoms with E-state index in [1.165, 1.54) is 6.07 Å². The van der Waals surface area contributed by atoms with Gasteiger partial charge in [0, 0.05) is 22.3 Å². The first-order valence-electron chi connectivity index (χ1n) is 8.75. The molecule has 0 atom stereocenters. The molecule has 3 aromatic rings. The van der Waals surface area contributed by atoms with Gasteiger partial charge in [0.05, 0.1) is 18.8 Å². The largest absolute Gasteiger partial charge is 0.492 e. The van der Waals surface area contributed by atoms with Crippen LogP contribution in [-0.2, 0) is 6.54 Å². The van der Waals surface area contributed by atoms with Crippen LogP contribution < -0.4 is 15.4 Å². The minimum Gasteiger partial charge on any atom is -0.492 e. The maximum Gasteiger partial charge on any atom is 0.176 e. The Morgan fingerprint density at radius 1 is 1.21 bits per heavy atom. The molecule has 3 rings (SSSR count). The molecule has 0 saturated carbocycles. The molecule has 2 N–H and O–H groups in total. The molecule has 0 bridgehead atoms. The molecule has 8 heteroatoms. The highest BCUT2D eigenvalue weighted by Gasteiger charge is 2.12. The molecule has 1 aromatic heterocycles. The zero-order valence-corrected chi connectivity index (χ0v) is 17.1. The fourth-order valence-corrected chi connectivity index (χ4v) is 3.12. The second-order valence-corrected chi connectivity index (χ2v) is 6.85. The van der Waals surface area contributed by atoms with Crippen LogP contribution in [0.3, 0.4) is 0 Å². The van der Waals surface area contributed by atoms with Crippen LogP contribution in [0.25, 0.3) is 0 Å². The molecule has 0 aliphatic carbocycles. The Labute approximate surface area is 173 Å². The first-order valence-corrected chi connectivity index (χ1v) is 9.53. The average Bonchev–Trinajstić information content (AvgIpc) is 2.99. The van der Waals surface area contributed by atoms with Gasteiger partial charge in [0.15, 0.2) is 10.9 Å². The van der Waals surface area contributed by atoms with Gasteiger partial charge in [0.1, 0.15) is 11.6 Å². The summed E-state index contributed by atoms with van der Waals surface area (Å²) in [6.45, 7) is 4.59. The van der Waals surface area contributed by atoms with Crippen molar-refractivity contribution in [2.45, 2.75) is 20.4 Å². The lowest BCUT2D eigenvalue weighted by molar-refractivity contribution is 0.342. The van der Waals surface area contributed by atoms with Crippen LogP contribution in [0.4, 0.5) is 15.9 Å². The second kappa shape index (κ2) is 9.03. The van der Waals surface area contributed by atoms with Crippen LogP contribution in [0, 0.1) is 12.7 Å². The summed E-state index contributed by atoms with van der Waals surface area (Å²) in [6.07, 6.45) is 0. The van der Waals surface area contributed by atoms with Crippen molar-refractivity contribution in [3.05, 3.63) is 70.6 Å². The van der Waals surface area contributed by atoms with Gasteiger partial charge in [-0.15, -0.1) is 0 Å². The van der Waals surface area contributed by atoms with E-state index in [2.05, 4.69) is 15.7 Å². The number of nitrogens with zero attached hydrogens (tertiary/aromatic N) is 2. The Morgan fingerprint density at radius 3 is 2.75 bits per heavy atom. The van der Waals surface area contributed by atoms with Gasteiger partial charge in [-0.25, -0.2) is 4.39 Å². The molecule has 0 fully saturated rings. The monoisotopic (exact) mass is 418 g/mol. The third-order valence-electron chi connectivity index (χ3n) is 4.03. The number of nitrogens with one attached hydrogen (secondary N) is 2. The maximum atomic E-state index is 14.0. The fraction of sp³-hybridized carbons (Fsp3) is 0.200. The number of hydrogen-bond acceptors (Lipinski definition) is 3. The molecule has 28 heavy (non-hydrogen) atoms. The van der Waals surface area contributed by atoms with Crippen LogP contribution in [-0.4, -0.2) is 21.5 Å². The number of rotatable bonds is 6. The van der Waals surface area contributed by atoms with E-state index in [1.54, 1.807) is 16.8 Å². The summed E-state index contributed by atoms with van der Waals surface area (Å²) < 4.78 is 21.3. The van der Waals surface area contributed by atoms with Crippen molar-refractivity contribution in [2.75, 3.05) is 17.2 Å². The number of hydrogen-bond donors (Lipinski definition) is 2. The molecule has 0 radical (unpaired) electrons. The van der Waals surface area contributed by atoms with E-state index >= 15 is 0 Å². The number of benzene rings is 2. The molecule has 0 spiro atoms. The molecule has 0 unspecified atom stereocenters. The van der Waals surface area contributed by atoms with Crippen molar-refractivity contribution in [1.29, 1.82) is 0 Å².